The number of aromatic amines is 1. The summed E-state index contributed by atoms with van der Waals surface area (Å²) in [4.78, 5) is 24.3. The predicted octanol–water partition coefficient (Wildman–Crippen LogP) is 3.70. The van der Waals surface area contributed by atoms with Gasteiger partial charge in [0.2, 0.25) is 5.91 Å². The summed E-state index contributed by atoms with van der Waals surface area (Å²) < 4.78 is 19.4. The van der Waals surface area contributed by atoms with E-state index in [1.165, 1.54) is 17.7 Å². The zero-order valence-electron chi connectivity index (χ0n) is 17.7. The first kappa shape index (κ1) is 19.8. The molecule has 2 aliphatic heterocycles. The number of nitrogens with zero attached hydrogens (tertiary/aromatic N) is 3. The SMILES string of the molecule is COc1ccc(F)cc1-c1ccnc2[nH]c(C3=CCN(C4CCN(C)C4=O)CC3)cc12. The molecule has 31 heavy (non-hydrogen) atoms. The number of aromatic nitrogens is 2. The lowest BCUT2D eigenvalue weighted by molar-refractivity contribution is -0.130. The molecule has 1 atom stereocenters. The van der Waals surface area contributed by atoms with Gasteiger partial charge in [0, 0.05) is 49.5 Å². The second-order valence-corrected chi connectivity index (χ2v) is 8.19. The monoisotopic (exact) mass is 420 g/mol. The Balaban J connectivity index is 1.46. The molecule has 0 radical (unpaired) electrons. The number of rotatable bonds is 4. The van der Waals surface area contributed by atoms with Crippen LogP contribution in [0.5, 0.6) is 5.75 Å². The first-order valence-corrected chi connectivity index (χ1v) is 10.5. The van der Waals surface area contributed by atoms with E-state index in [1.807, 2.05) is 18.0 Å². The third-order valence-electron chi connectivity index (χ3n) is 6.41. The summed E-state index contributed by atoms with van der Waals surface area (Å²) >= 11 is 0. The van der Waals surface area contributed by atoms with E-state index in [1.54, 1.807) is 19.4 Å². The van der Waals surface area contributed by atoms with Crippen molar-refractivity contribution in [3.05, 3.63) is 54.1 Å². The van der Waals surface area contributed by atoms with Gasteiger partial charge in [0.1, 0.15) is 17.2 Å². The fourth-order valence-corrected chi connectivity index (χ4v) is 4.68. The lowest BCUT2D eigenvalue weighted by Crippen LogP contribution is -2.43. The number of ether oxygens (including phenoxy) is 1. The Morgan fingerprint density at radius 2 is 2.06 bits per heavy atom. The van der Waals surface area contributed by atoms with E-state index in [-0.39, 0.29) is 17.8 Å². The number of halogens is 1. The van der Waals surface area contributed by atoms with E-state index in [0.29, 0.717) is 11.3 Å². The highest BCUT2D eigenvalue weighted by Gasteiger charge is 2.34. The molecule has 2 aliphatic rings. The van der Waals surface area contributed by atoms with E-state index in [4.69, 9.17) is 4.74 Å². The van der Waals surface area contributed by atoms with Crippen LogP contribution < -0.4 is 4.74 Å². The number of methoxy groups -OCH3 is 1. The minimum Gasteiger partial charge on any atom is -0.496 e. The van der Waals surface area contributed by atoms with E-state index in [2.05, 4.69) is 27.0 Å². The van der Waals surface area contributed by atoms with Crippen molar-refractivity contribution in [3.63, 3.8) is 0 Å². The number of benzene rings is 1. The van der Waals surface area contributed by atoms with Crippen molar-refractivity contribution in [1.29, 1.82) is 0 Å². The molecule has 1 fully saturated rings. The van der Waals surface area contributed by atoms with E-state index < -0.39 is 0 Å². The van der Waals surface area contributed by atoms with Crippen LogP contribution in [0.3, 0.4) is 0 Å². The van der Waals surface area contributed by atoms with Gasteiger partial charge in [-0.1, -0.05) is 6.08 Å². The number of carbonyl (C=O) groups is 1. The molecule has 160 valence electrons. The van der Waals surface area contributed by atoms with Crippen molar-refractivity contribution in [1.82, 2.24) is 19.8 Å². The smallest absolute Gasteiger partial charge is 0.239 e. The molecule has 1 unspecified atom stereocenters. The van der Waals surface area contributed by atoms with Gasteiger partial charge in [0.15, 0.2) is 0 Å². The number of likely N-dealkylation sites (tertiary alicyclic amines) is 1. The van der Waals surface area contributed by atoms with Crippen molar-refractivity contribution < 1.29 is 13.9 Å². The number of pyridine rings is 1. The van der Waals surface area contributed by atoms with Gasteiger partial charge >= 0.3 is 0 Å². The first-order valence-electron chi connectivity index (χ1n) is 10.5. The minimum absolute atomic E-state index is 0.000717. The fourth-order valence-electron chi connectivity index (χ4n) is 4.68. The molecule has 2 aromatic heterocycles. The number of nitrogens with one attached hydrogen (secondary N) is 1. The molecule has 1 saturated heterocycles. The normalized spacial score (nSPS) is 19.8. The summed E-state index contributed by atoms with van der Waals surface area (Å²) in [6.07, 6.45) is 5.68. The molecule has 3 aromatic rings. The van der Waals surface area contributed by atoms with E-state index >= 15 is 0 Å². The summed E-state index contributed by atoms with van der Waals surface area (Å²) in [6, 6.07) is 8.50. The highest BCUT2D eigenvalue weighted by atomic mass is 19.1. The summed E-state index contributed by atoms with van der Waals surface area (Å²) in [5.41, 5.74) is 4.56. The Bertz CT molecular complexity index is 1190. The summed E-state index contributed by atoms with van der Waals surface area (Å²) in [5, 5.41) is 0.928. The maximum atomic E-state index is 14.0. The van der Waals surface area contributed by atoms with Crippen LogP contribution in [-0.4, -0.2) is 65.5 Å². The third kappa shape index (κ3) is 3.49. The van der Waals surface area contributed by atoms with Gasteiger partial charge < -0.3 is 14.6 Å². The molecule has 1 aromatic carbocycles. The molecule has 1 N–H and O–H groups in total. The maximum absolute atomic E-state index is 14.0. The van der Waals surface area contributed by atoms with Crippen LogP contribution in [0, 0.1) is 5.82 Å². The average molecular weight is 420 g/mol. The Hall–Kier alpha value is -3.19. The van der Waals surface area contributed by atoms with Crippen molar-refractivity contribution in [2.45, 2.75) is 18.9 Å². The lowest BCUT2D eigenvalue weighted by atomic mass is 10.0. The summed E-state index contributed by atoms with van der Waals surface area (Å²) in [6.45, 7) is 2.44. The van der Waals surface area contributed by atoms with Gasteiger partial charge in [0.05, 0.1) is 13.2 Å². The largest absolute Gasteiger partial charge is 0.496 e. The molecule has 5 rings (SSSR count). The number of amides is 1. The van der Waals surface area contributed by atoms with Crippen LogP contribution >= 0.6 is 0 Å². The Morgan fingerprint density at radius 3 is 2.77 bits per heavy atom. The van der Waals surface area contributed by atoms with Crippen LogP contribution in [0.2, 0.25) is 0 Å². The molecule has 0 saturated carbocycles. The molecule has 0 bridgehead atoms. The van der Waals surface area contributed by atoms with E-state index in [0.717, 1.165) is 54.8 Å². The Labute approximate surface area is 180 Å². The van der Waals surface area contributed by atoms with Gasteiger partial charge in [-0.05, 0) is 54.3 Å². The zero-order valence-corrected chi connectivity index (χ0v) is 17.7. The van der Waals surface area contributed by atoms with Gasteiger partial charge in [-0.25, -0.2) is 9.37 Å². The van der Waals surface area contributed by atoms with Crippen LogP contribution in [0.4, 0.5) is 4.39 Å². The van der Waals surface area contributed by atoms with Crippen LogP contribution in [-0.2, 0) is 4.79 Å². The van der Waals surface area contributed by atoms with Gasteiger partial charge in [0.25, 0.3) is 0 Å². The first-order chi connectivity index (χ1) is 15.0. The number of hydrogen-bond acceptors (Lipinski definition) is 4. The Kier molecular flexibility index (Phi) is 4.98. The minimum atomic E-state index is -0.307. The molecule has 1 amide bonds. The average Bonchev–Trinajstić information content (AvgIpc) is 3.37. The van der Waals surface area contributed by atoms with Crippen molar-refractivity contribution >= 4 is 22.5 Å². The summed E-state index contributed by atoms with van der Waals surface area (Å²) in [7, 11) is 3.46. The number of likely N-dealkylation sites (N-methyl/N-ethyl adjacent to an activating group) is 1. The van der Waals surface area contributed by atoms with Crippen LogP contribution in [0.1, 0.15) is 18.5 Å². The highest BCUT2D eigenvalue weighted by molar-refractivity contribution is 5.96. The standard InChI is InChI=1S/C24H25FN4O2/c1-28-10-8-21(24(28)30)29-11-6-15(7-12-29)20-14-19-17(5-9-26-23(19)27-20)18-13-16(25)3-4-22(18)31-2/h3-6,9,13-14,21H,7-8,10-12H2,1-2H3,(H,26,27). The van der Waals surface area contributed by atoms with Crippen molar-refractivity contribution in [3.8, 4) is 16.9 Å². The van der Waals surface area contributed by atoms with Gasteiger partial charge in [-0.2, -0.15) is 0 Å². The molecular formula is C24H25FN4O2. The molecule has 6 nitrogen and oxygen atoms in total. The van der Waals surface area contributed by atoms with Crippen LogP contribution in [0.15, 0.2) is 42.6 Å². The third-order valence-corrected chi connectivity index (χ3v) is 6.41. The zero-order chi connectivity index (χ0) is 21.5. The predicted molar refractivity (Wildman–Crippen MR) is 118 cm³/mol. The van der Waals surface area contributed by atoms with Crippen molar-refractivity contribution in [2.75, 3.05) is 33.8 Å². The quantitative estimate of drug-likeness (QED) is 0.699. The van der Waals surface area contributed by atoms with Crippen molar-refractivity contribution in [2.24, 2.45) is 0 Å². The molecule has 0 aliphatic carbocycles. The second-order valence-electron chi connectivity index (χ2n) is 8.19. The maximum Gasteiger partial charge on any atom is 0.239 e. The topological polar surface area (TPSA) is 61.5 Å². The number of hydrogen-bond donors (Lipinski definition) is 1. The summed E-state index contributed by atoms with van der Waals surface area (Å²) in [5.74, 6) is 0.537. The second kappa shape index (κ2) is 7.81. The molecule has 0 spiro atoms. The van der Waals surface area contributed by atoms with Gasteiger partial charge in [-0.3, -0.25) is 9.69 Å². The van der Waals surface area contributed by atoms with E-state index in [9.17, 15) is 9.18 Å². The molecular weight excluding hydrogens is 395 g/mol. The Morgan fingerprint density at radius 1 is 1.19 bits per heavy atom. The lowest BCUT2D eigenvalue weighted by Gasteiger charge is -2.30. The number of carbonyl (C=O) groups excluding carboxylic acids is 1. The fraction of sp³-hybridized carbons (Fsp3) is 0.333. The molecule has 4 heterocycles. The number of fused-ring (bicyclic) bond motifs is 1. The van der Waals surface area contributed by atoms with Crippen LogP contribution in [0.25, 0.3) is 27.7 Å². The van der Waals surface area contributed by atoms with Gasteiger partial charge in [-0.15, -0.1) is 0 Å². The molecule has 7 heteroatoms. The number of H-pyrrole nitrogens is 1. The highest BCUT2D eigenvalue weighted by Crippen LogP contribution is 2.36.